The van der Waals surface area contributed by atoms with E-state index in [1.165, 1.54) is 6.20 Å². The molecule has 0 saturated heterocycles. The molecule has 3 aromatic rings. The zero-order valence-corrected chi connectivity index (χ0v) is 21.4. The Labute approximate surface area is 214 Å². The number of aliphatic hydroxyl groups excluding tert-OH is 1. The number of carbonyl (C=O) groups is 2. The predicted octanol–water partition coefficient (Wildman–Crippen LogP) is 2.16. The van der Waals surface area contributed by atoms with Crippen molar-refractivity contribution in [1.29, 1.82) is 0 Å². The van der Waals surface area contributed by atoms with Gasteiger partial charge >= 0.3 is 0 Å². The van der Waals surface area contributed by atoms with Gasteiger partial charge in [0.05, 0.1) is 41.9 Å². The van der Waals surface area contributed by atoms with E-state index in [4.69, 9.17) is 0 Å². The quantitative estimate of drug-likeness (QED) is 0.347. The van der Waals surface area contributed by atoms with Gasteiger partial charge in [-0.3, -0.25) is 24.0 Å². The minimum absolute atomic E-state index is 0.144. The van der Waals surface area contributed by atoms with Crippen LogP contribution in [0.25, 0.3) is 5.65 Å². The lowest BCUT2D eigenvalue weighted by Crippen LogP contribution is -2.38. The molecule has 36 heavy (non-hydrogen) atoms. The van der Waals surface area contributed by atoms with Gasteiger partial charge in [0.1, 0.15) is 11.3 Å². The Morgan fingerprint density at radius 3 is 2.69 bits per heavy atom. The van der Waals surface area contributed by atoms with Gasteiger partial charge in [0.15, 0.2) is 5.17 Å². The van der Waals surface area contributed by atoms with Crippen LogP contribution in [-0.2, 0) is 6.54 Å². The maximum Gasteiger partial charge on any atom is 0.270 e. The number of aromatic nitrogens is 3. The van der Waals surface area contributed by atoms with Gasteiger partial charge in [-0.2, -0.15) is 0 Å². The second kappa shape index (κ2) is 11.5. The fourth-order valence-corrected chi connectivity index (χ4v) is 4.98. The highest BCUT2D eigenvalue weighted by atomic mass is 32.2. The number of hydrogen-bond acceptors (Lipinski definition) is 8. The number of rotatable bonds is 9. The van der Waals surface area contributed by atoms with Crippen LogP contribution in [-0.4, -0.2) is 62.7 Å². The molecule has 11 heteroatoms. The van der Waals surface area contributed by atoms with Crippen molar-refractivity contribution in [1.82, 2.24) is 30.3 Å². The first-order chi connectivity index (χ1) is 17.4. The van der Waals surface area contributed by atoms with Crippen LogP contribution in [0.1, 0.15) is 57.6 Å². The third kappa shape index (κ3) is 5.85. The number of thioether (sulfide) groups is 1. The van der Waals surface area contributed by atoms with E-state index in [-0.39, 0.29) is 29.7 Å². The highest BCUT2D eigenvalue weighted by Crippen LogP contribution is 2.33. The average molecular weight is 510 g/mol. The Hall–Kier alpha value is -3.44. The van der Waals surface area contributed by atoms with Crippen molar-refractivity contribution in [3.8, 4) is 0 Å². The zero-order chi connectivity index (χ0) is 25.7. The summed E-state index contributed by atoms with van der Waals surface area (Å²) in [6.07, 6.45) is 5.56. The van der Waals surface area contributed by atoms with Crippen molar-refractivity contribution in [2.75, 3.05) is 20.2 Å². The number of fused-ring (bicyclic) bond motifs is 1. The predicted molar refractivity (Wildman–Crippen MR) is 140 cm³/mol. The molecule has 1 aliphatic rings. The van der Waals surface area contributed by atoms with Crippen LogP contribution < -0.4 is 16.0 Å². The minimum atomic E-state index is -0.349. The molecule has 10 nitrogen and oxygen atoms in total. The highest BCUT2D eigenvalue weighted by Gasteiger charge is 2.22. The van der Waals surface area contributed by atoms with Crippen LogP contribution in [0.2, 0.25) is 0 Å². The van der Waals surface area contributed by atoms with E-state index in [2.05, 4.69) is 30.9 Å². The molecule has 0 saturated carbocycles. The summed E-state index contributed by atoms with van der Waals surface area (Å²) in [5, 5.41) is 19.5. The number of nitrogens with zero attached hydrogens (tertiary/aromatic N) is 4. The van der Waals surface area contributed by atoms with Crippen molar-refractivity contribution in [3.63, 3.8) is 0 Å². The highest BCUT2D eigenvalue weighted by molar-refractivity contribution is 8.14. The van der Waals surface area contributed by atoms with Crippen molar-refractivity contribution in [2.24, 2.45) is 10.9 Å². The zero-order valence-electron chi connectivity index (χ0n) is 20.6. The lowest BCUT2D eigenvalue weighted by Gasteiger charge is -2.18. The summed E-state index contributed by atoms with van der Waals surface area (Å²) >= 11 is 1.65. The van der Waals surface area contributed by atoms with Gasteiger partial charge < -0.3 is 21.1 Å². The van der Waals surface area contributed by atoms with E-state index >= 15 is 0 Å². The number of amides is 2. The van der Waals surface area contributed by atoms with Crippen LogP contribution in [0.15, 0.2) is 47.8 Å². The molecular formula is C25H31N7O3S. The smallest absolute Gasteiger partial charge is 0.270 e. The number of pyridine rings is 2. The topological polar surface area (TPSA) is 133 Å². The Morgan fingerprint density at radius 2 is 2.03 bits per heavy atom. The molecule has 0 aromatic carbocycles. The monoisotopic (exact) mass is 509 g/mol. The van der Waals surface area contributed by atoms with E-state index in [0.717, 1.165) is 16.4 Å². The number of aliphatic imine (C=N–C) groups is 1. The molecule has 4 rings (SSSR count). The summed E-state index contributed by atoms with van der Waals surface area (Å²) in [7, 11) is 1.85. The third-order valence-electron chi connectivity index (χ3n) is 5.82. The Balaban J connectivity index is 1.40. The van der Waals surface area contributed by atoms with Gasteiger partial charge in [-0.25, -0.2) is 4.98 Å². The van der Waals surface area contributed by atoms with E-state index < -0.39 is 0 Å². The van der Waals surface area contributed by atoms with Crippen LogP contribution >= 0.6 is 11.8 Å². The summed E-state index contributed by atoms with van der Waals surface area (Å²) < 4.78 is 1.59. The third-order valence-corrected chi connectivity index (χ3v) is 7.06. The van der Waals surface area contributed by atoms with Crippen molar-refractivity contribution in [2.45, 2.75) is 38.1 Å². The normalized spacial score (nSPS) is 16.1. The average Bonchev–Trinajstić information content (AvgIpc) is 3.54. The van der Waals surface area contributed by atoms with Gasteiger partial charge in [0.25, 0.3) is 11.8 Å². The van der Waals surface area contributed by atoms with Crippen LogP contribution in [0.3, 0.4) is 0 Å². The van der Waals surface area contributed by atoms with Gasteiger partial charge in [0, 0.05) is 26.0 Å². The second-order valence-electron chi connectivity index (χ2n) is 9.02. The summed E-state index contributed by atoms with van der Waals surface area (Å²) in [5.41, 5.74) is 2.88. The number of nitrogens with one attached hydrogen (secondary N) is 3. The number of carbonyl (C=O) groups excluding carboxylic acids is 2. The van der Waals surface area contributed by atoms with E-state index in [1.54, 1.807) is 40.7 Å². The van der Waals surface area contributed by atoms with E-state index in [9.17, 15) is 14.7 Å². The van der Waals surface area contributed by atoms with Crippen molar-refractivity contribution >= 4 is 34.4 Å². The number of amidine groups is 1. The molecule has 0 spiro atoms. The van der Waals surface area contributed by atoms with E-state index in [0.29, 0.717) is 42.3 Å². The molecule has 2 atom stereocenters. The molecule has 2 amide bonds. The van der Waals surface area contributed by atoms with Crippen LogP contribution in [0.4, 0.5) is 0 Å². The molecule has 0 aliphatic carbocycles. The maximum absolute atomic E-state index is 13.0. The first kappa shape index (κ1) is 25.6. The summed E-state index contributed by atoms with van der Waals surface area (Å²) in [6.45, 7) is 4.92. The lowest BCUT2D eigenvalue weighted by molar-refractivity contribution is 0.0900. The summed E-state index contributed by atoms with van der Waals surface area (Å²) in [6, 6.07) is 6.95. The Morgan fingerprint density at radius 1 is 1.19 bits per heavy atom. The fraction of sp³-hybridized carbons (Fsp3) is 0.400. The van der Waals surface area contributed by atoms with Gasteiger partial charge in [0.2, 0.25) is 0 Å². The lowest BCUT2D eigenvalue weighted by atomic mass is 10.0. The molecule has 0 radical (unpaired) electrons. The standard InChI is InChI=1S/C25H31N7O3S/c1-15(2)9-17(14-33)31-24(35)20-12-28-22-18(5-4-8-32(20)22)23(34)29-11-16-6-7-19(27-10-16)21-13-30-25(26-3)36-21/h4-8,10,12,15,17,21,33H,9,11,13-14H2,1-3H3,(H,26,30)(H,29,34)(H,31,35)/t17-,21?/m0/s1. The SMILES string of the molecule is CNC1=NCC(c2ccc(CNC(=O)c3cccn4c(C(=O)N[C@H](CO)CC(C)C)cnc34)cn2)S1. The Kier molecular flexibility index (Phi) is 8.21. The molecular weight excluding hydrogens is 478 g/mol. The van der Waals surface area contributed by atoms with Gasteiger partial charge in [-0.05, 0) is 36.1 Å². The van der Waals surface area contributed by atoms with Crippen molar-refractivity contribution < 1.29 is 14.7 Å². The Bertz CT molecular complexity index is 1260. The van der Waals surface area contributed by atoms with E-state index in [1.807, 2.05) is 33.0 Å². The maximum atomic E-state index is 13.0. The fourth-order valence-electron chi connectivity index (χ4n) is 4.04. The minimum Gasteiger partial charge on any atom is -0.394 e. The van der Waals surface area contributed by atoms with Crippen molar-refractivity contribution in [3.05, 3.63) is 65.4 Å². The van der Waals surface area contributed by atoms with Crippen LogP contribution in [0, 0.1) is 5.92 Å². The number of imidazole rings is 1. The molecule has 0 bridgehead atoms. The largest absolute Gasteiger partial charge is 0.394 e. The molecule has 3 aromatic heterocycles. The van der Waals surface area contributed by atoms with Gasteiger partial charge in [-0.1, -0.05) is 31.7 Å². The molecule has 4 N–H and O–H groups in total. The summed E-state index contributed by atoms with van der Waals surface area (Å²) in [4.78, 5) is 39.1. The summed E-state index contributed by atoms with van der Waals surface area (Å²) in [5.74, 6) is -0.319. The first-order valence-corrected chi connectivity index (χ1v) is 12.8. The first-order valence-electron chi connectivity index (χ1n) is 11.9. The molecule has 190 valence electrons. The number of aliphatic hydroxyl groups is 1. The number of hydrogen-bond donors (Lipinski definition) is 4. The van der Waals surface area contributed by atoms with Crippen LogP contribution in [0.5, 0.6) is 0 Å². The second-order valence-corrected chi connectivity index (χ2v) is 10.2. The van der Waals surface area contributed by atoms with Gasteiger partial charge in [-0.15, -0.1) is 0 Å². The molecule has 4 heterocycles. The molecule has 1 aliphatic heterocycles. The molecule has 0 fully saturated rings. The molecule has 1 unspecified atom stereocenters.